The van der Waals surface area contributed by atoms with Crippen molar-refractivity contribution in [3.8, 4) is 0 Å². The number of carbonyl (C=O) groups is 1. The molecule has 0 aromatic carbocycles. The summed E-state index contributed by atoms with van der Waals surface area (Å²) >= 11 is 0. The van der Waals surface area contributed by atoms with Gasteiger partial charge >= 0.3 is 0 Å². The van der Waals surface area contributed by atoms with E-state index in [2.05, 4.69) is 13.5 Å². The Kier molecular flexibility index (Phi) is 8.36. The van der Waals surface area contributed by atoms with Gasteiger partial charge in [0.2, 0.25) is 0 Å². The topological polar surface area (TPSA) is 17.1 Å². The molecule has 0 saturated carbocycles. The molecule has 0 aliphatic rings. The van der Waals surface area contributed by atoms with Crippen molar-refractivity contribution in [1.29, 1.82) is 0 Å². The molecular weight excluding hydrogens is 172 g/mol. The third-order valence-electron chi connectivity index (χ3n) is 1.46. The second-order valence-electron chi connectivity index (χ2n) is 2.59. The van der Waals surface area contributed by atoms with Crippen molar-refractivity contribution in [1.82, 2.24) is 0 Å². The molecular formula is C13H16O. The van der Waals surface area contributed by atoms with Crippen LogP contribution in [-0.2, 0) is 4.79 Å². The predicted molar refractivity (Wildman–Crippen MR) is 62.1 cm³/mol. The maximum atomic E-state index is 10.3. The second-order valence-corrected chi connectivity index (χ2v) is 2.59. The Morgan fingerprint density at radius 2 is 1.93 bits per heavy atom. The third kappa shape index (κ3) is 7.04. The van der Waals surface area contributed by atoms with E-state index < -0.39 is 0 Å². The zero-order chi connectivity index (χ0) is 10.6. The lowest BCUT2D eigenvalue weighted by atomic mass is 10.2. The molecule has 0 radical (unpaired) electrons. The first-order valence-electron chi connectivity index (χ1n) is 4.63. The summed E-state index contributed by atoms with van der Waals surface area (Å²) in [7, 11) is 0. The molecule has 74 valence electrons. The lowest BCUT2D eigenvalue weighted by Gasteiger charge is -1.88. The Morgan fingerprint density at radius 1 is 1.21 bits per heavy atom. The molecule has 0 amide bonds. The summed E-state index contributed by atoms with van der Waals surface area (Å²) in [6, 6.07) is 0. The fourth-order valence-corrected chi connectivity index (χ4v) is 0.806. The Bertz CT molecular complexity index is 278. The van der Waals surface area contributed by atoms with Crippen LogP contribution in [0.5, 0.6) is 0 Å². The summed E-state index contributed by atoms with van der Waals surface area (Å²) < 4.78 is 0. The van der Waals surface area contributed by atoms with Crippen molar-refractivity contribution in [2.45, 2.75) is 13.3 Å². The van der Waals surface area contributed by atoms with Crippen LogP contribution in [0.2, 0.25) is 0 Å². The van der Waals surface area contributed by atoms with Crippen LogP contribution in [-0.4, -0.2) is 6.29 Å². The first-order valence-corrected chi connectivity index (χ1v) is 4.63. The van der Waals surface area contributed by atoms with Gasteiger partial charge in [0, 0.05) is 0 Å². The van der Waals surface area contributed by atoms with Gasteiger partial charge in [-0.15, -0.1) is 0 Å². The van der Waals surface area contributed by atoms with Crippen LogP contribution in [0.4, 0.5) is 0 Å². The quantitative estimate of drug-likeness (QED) is 0.355. The highest BCUT2D eigenvalue weighted by molar-refractivity contribution is 5.68. The van der Waals surface area contributed by atoms with Gasteiger partial charge < -0.3 is 0 Å². The van der Waals surface area contributed by atoms with Crippen LogP contribution in [0.3, 0.4) is 0 Å². The number of carbonyl (C=O) groups excluding carboxylic acids is 1. The van der Waals surface area contributed by atoms with Crippen molar-refractivity contribution in [3.05, 3.63) is 60.8 Å². The van der Waals surface area contributed by atoms with E-state index in [1.165, 1.54) is 6.08 Å². The molecule has 0 bridgehead atoms. The van der Waals surface area contributed by atoms with Crippen molar-refractivity contribution < 1.29 is 4.79 Å². The molecule has 1 nitrogen and oxygen atoms in total. The van der Waals surface area contributed by atoms with E-state index in [-0.39, 0.29) is 0 Å². The van der Waals surface area contributed by atoms with Crippen molar-refractivity contribution >= 4 is 6.29 Å². The average Bonchev–Trinajstić information content (AvgIpc) is 2.20. The predicted octanol–water partition coefficient (Wildman–Crippen LogP) is 3.38. The summed E-state index contributed by atoms with van der Waals surface area (Å²) in [6.07, 6.45) is 16.4. The molecule has 0 fully saturated rings. The largest absolute Gasteiger partial charge is 0.299 e. The first-order chi connectivity index (χ1) is 6.85. The van der Waals surface area contributed by atoms with Gasteiger partial charge in [0.05, 0.1) is 0 Å². The summed E-state index contributed by atoms with van der Waals surface area (Å²) in [5.41, 5.74) is 0.862. The highest BCUT2D eigenvalue weighted by atomic mass is 16.1. The molecule has 0 aliphatic heterocycles. The Labute approximate surface area is 85.8 Å². The number of aldehydes is 1. The SMILES string of the molecule is C=C\C=C/C(/C=C\C=C/CC)=C\C=O. The lowest BCUT2D eigenvalue weighted by molar-refractivity contribution is -0.104. The van der Waals surface area contributed by atoms with Gasteiger partial charge in [-0.2, -0.15) is 0 Å². The molecule has 0 saturated heterocycles. The van der Waals surface area contributed by atoms with Crippen LogP contribution in [0.25, 0.3) is 0 Å². The third-order valence-corrected chi connectivity index (χ3v) is 1.46. The Balaban J connectivity index is 4.37. The molecule has 0 spiro atoms. The molecule has 0 aliphatic carbocycles. The normalized spacial score (nSPS) is 13.1. The average molecular weight is 188 g/mol. The molecule has 0 aromatic heterocycles. The highest BCUT2D eigenvalue weighted by Gasteiger charge is 1.81. The number of hydrogen-bond donors (Lipinski definition) is 0. The minimum atomic E-state index is 0.774. The van der Waals surface area contributed by atoms with Gasteiger partial charge in [-0.1, -0.05) is 56.0 Å². The number of allylic oxidation sites excluding steroid dienone is 9. The maximum Gasteiger partial charge on any atom is 0.143 e. The highest BCUT2D eigenvalue weighted by Crippen LogP contribution is 1.99. The second kappa shape index (κ2) is 9.46. The van der Waals surface area contributed by atoms with E-state index >= 15 is 0 Å². The molecule has 1 heteroatoms. The molecule has 0 atom stereocenters. The van der Waals surface area contributed by atoms with Crippen molar-refractivity contribution in [3.63, 3.8) is 0 Å². The fraction of sp³-hybridized carbons (Fsp3) is 0.154. The minimum Gasteiger partial charge on any atom is -0.299 e. The molecule has 0 heterocycles. The Morgan fingerprint density at radius 3 is 2.50 bits per heavy atom. The Hall–Kier alpha value is -1.63. The van der Waals surface area contributed by atoms with E-state index in [0.717, 1.165) is 18.3 Å². The summed E-state index contributed by atoms with van der Waals surface area (Å²) in [5, 5.41) is 0. The van der Waals surface area contributed by atoms with Gasteiger partial charge in [0.25, 0.3) is 0 Å². The van der Waals surface area contributed by atoms with E-state index in [1.807, 2.05) is 30.4 Å². The van der Waals surface area contributed by atoms with Crippen LogP contribution >= 0.6 is 0 Å². The summed E-state index contributed by atoms with van der Waals surface area (Å²) in [4.78, 5) is 10.3. The van der Waals surface area contributed by atoms with Gasteiger partial charge in [-0.3, -0.25) is 4.79 Å². The number of hydrogen-bond acceptors (Lipinski definition) is 1. The monoisotopic (exact) mass is 188 g/mol. The molecule has 0 N–H and O–H groups in total. The zero-order valence-electron chi connectivity index (χ0n) is 8.52. The van der Waals surface area contributed by atoms with E-state index in [0.29, 0.717) is 0 Å². The summed E-state index contributed by atoms with van der Waals surface area (Å²) in [6.45, 7) is 5.64. The lowest BCUT2D eigenvalue weighted by Crippen LogP contribution is -1.72. The number of rotatable bonds is 6. The van der Waals surface area contributed by atoms with E-state index in [4.69, 9.17) is 0 Å². The first kappa shape index (κ1) is 12.4. The van der Waals surface area contributed by atoms with Crippen LogP contribution in [0, 0.1) is 0 Å². The van der Waals surface area contributed by atoms with Gasteiger partial charge in [0.1, 0.15) is 6.29 Å². The smallest absolute Gasteiger partial charge is 0.143 e. The standard InChI is InChI=1S/C13H16O/c1-3-5-7-8-10-13(11-12-14)9-6-4-2/h4-12H,2-3H2,1H3/b7-5-,9-6-,10-8-,13-11+. The van der Waals surface area contributed by atoms with Crippen molar-refractivity contribution in [2.75, 3.05) is 0 Å². The van der Waals surface area contributed by atoms with Gasteiger partial charge in [-0.25, -0.2) is 0 Å². The van der Waals surface area contributed by atoms with Crippen LogP contribution in [0.1, 0.15) is 13.3 Å². The van der Waals surface area contributed by atoms with Gasteiger partial charge in [0.15, 0.2) is 0 Å². The maximum absolute atomic E-state index is 10.3. The minimum absolute atomic E-state index is 0.774. The fourth-order valence-electron chi connectivity index (χ4n) is 0.806. The van der Waals surface area contributed by atoms with Crippen LogP contribution < -0.4 is 0 Å². The van der Waals surface area contributed by atoms with Crippen LogP contribution in [0.15, 0.2) is 60.8 Å². The van der Waals surface area contributed by atoms with E-state index in [1.54, 1.807) is 12.2 Å². The van der Waals surface area contributed by atoms with Gasteiger partial charge in [-0.05, 0) is 18.1 Å². The molecule has 0 unspecified atom stereocenters. The zero-order valence-corrected chi connectivity index (χ0v) is 8.52. The molecule has 0 aromatic rings. The summed E-state index contributed by atoms with van der Waals surface area (Å²) in [5.74, 6) is 0. The van der Waals surface area contributed by atoms with E-state index in [9.17, 15) is 4.79 Å². The molecule has 0 rings (SSSR count). The molecule has 14 heavy (non-hydrogen) atoms. The van der Waals surface area contributed by atoms with Crippen molar-refractivity contribution in [2.24, 2.45) is 0 Å².